The number of anilines is 1. The van der Waals surface area contributed by atoms with Crippen LogP contribution in [0.2, 0.25) is 0 Å². The zero-order valence-corrected chi connectivity index (χ0v) is 17.6. The van der Waals surface area contributed by atoms with Gasteiger partial charge in [0.15, 0.2) is 0 Å². The largest absolute Gasteiger partial charge is 0.469 e. The van der Waals surface area contributed by atoms with Gasteiger partial charge in [-0.1, -0.05) is 24.3 Å². The minimum atomic E-state index is -1.18. The van der Waals surface area contributed by atoms with E-state index in [2.05, 4.69) is 6.07 Å². The molecule has 7 heteroatoms. The molecule has 5 rings (SSSR count). The number of imide groups is 1. The van der Waals surface area contributed by atoms with Gasteiger partial charge in [-0.3, -0.25) is 14.4 Å². The van der Waals surface area contributed by atoms with Gasteiger partial charge in [0, 0.05) is 10.8 Å². The fourth-order valence-electron chi connectivity index (χ4n) is 6.15. The monoisotopic (exact) mass is 418 g/mol. The van der Waals surface area contributed by atoms with Crippen LogP contribution in [0.3, 0.4) is 0 Å². The third kappa shape index (κ3) is 2.23. The van der Waals surface area contributed by atoms with E-state index in [-0.39, 0.29) is 18.2 Å². The number of ether oxygens (including phenoxy) is 2. The molecular weight excluding hydrogens is 396 g/mol. The molecule has 0 saturated carbocycles. The molecule has 0 aliphatic carbocycles. The van der Waals surface area contributed by atoms with Gasteiger partial charge >= 0.3 is 5.97 Å². The molecule has 0 N–H and O–H groups in total. The Balaban J connectivity index is 1.69. The Morgan fingerprint density at radius 3 is 2.58 bits per heavy atom. The second-order valence-corrected chi connectivity index (χ2v) is 9.07. The number of benzene rings is 2. The number of rotatable bonds is 3. The van der Waals surface area contributed by atoms with Gasteiger partial charge in [0.1, 0.15) is 0 Å². The summed E-state index contributed by atoms with van der Waals surface area (Å²) in [5.74, 6) is -1.85. The van der Waals surface area contributed by atoms with Gasteiger partial charge in [0.05, 0.1) is 53.4 Å². The minimum absolute atomic E-state index is 0.0763. The number of nitriles is 1. The van der Waals surface area contributed by atoms with Crippen LogP contribution >= 0.6 is 0 Å². The van der Waals surface area contributed by atoms with Crippen molar-refractivity contribution >= 4 is 34.2 Å². The highest BCUT2D eigenvalue weighted by atomic mass is 16.6. The first-order valence-electron chi connectivity index (χ1n) is 10.3. The molecule has 2 bridgehead atoms. The summed E-state index contributed by atoms with van der Waals surface area (Å²) in [5.41, 5.74) is -2.16. The maximum absolute atomic E-state index is 13.9. The van der Waals surface area contributed by atoms with E-state index in [0.717, 1.165) is 0 Å². The van der Waals surface area contributed by atoms with E-state index in [1.807, 2.05) is 19.1 Å². The van der Waals surface area contributed by atoms with Crippen LogP contribution in [0.5, 0.6) is 0 Å². The Hall–Kier alpha value is -3.24. The molecule has 0 aromatic heterocycles. The van der Waals surface area contributed by atoms with Crippen LogP contribution in [0.1, 0.15) is 38.7 Å². The molecule has 2 aromatic rings. The molecule has 3 saturated heterocycles. The van der Waals surface area contributed by atoms with Gasteiger partial charge in [0.2, 0.25) is 11.8 Å². The molecule has 4 atom stereocenters. The number of hydrogen-bond acceptors (Lipinski definition) is 6. The summed E-state index contributed by atoms with van der Waals surface area (Å²) < 4.78 is 11.2. The fraction of sp³-hybridized carbons (Fsp3) is 0.417. The average Bonchev–Trinajstić information content (AvgIpc) is 3.28. The van der Waals surface area contributed by atoms with E-state index < -0.39 is 28.5 Å². The Bertz CT molecular complexity index is 1220. The van der Waals surface area contributed by atoms with Crippen LogP contribution in [-0.4, -0.2) is 36.1 Å². The molecule has 2 aromatic carbocycles. The average molecular weight is 418 g/mol. The standard InChI is InChI=1S/C24H22N2O5/c1-22-10-11-24(31-22,12-18(27)30-3)23(2)19(22)20(28)26(21(23)29)17-9-8-14(13-25)15-6-4-5-7-16(15)17/h4-9,19H,10-12H2,1-3H3/t19-,22?,23+,24?/m1/s1. The SMILES string of the molecule is COC(=O)CC12CCC(C)(O1)[C@H]1C(=O)N(c3ccc(C#N)c4ccccc34)C(=O)[C@]12C. The Morgan fingerprint density at radius 1 is 1.19 bits per heavy atom. The lowest BCUT2D eigenvalue weighted by Gasteiger charge is -2.39. The molecule has 3 aliphatic heterocycles. The zero-order valence-electron chi connectivity index (χ0n) is 17.6. The van der Waals surface area contributed by atoms with Crippen molar-refractivity contribution < 1.29 is 23.9 Å². The highest BCUT2D eigenvalue weighted by Crippen LogP contribution is 2.68. The van der Waals surface area contributed by atoms with Crippen molar-refractivity contribution in [3.63, 3.8) is 0 Å². The van der Waals surface area contributed by atoms with Gasteiger partial charge in [-0.2, -0.15) is 5.26 Å². The van der Waals surface area contributed by atoms with Crippen LogP contribution < -0.4 is 4.90 Å². The number of hydrogen-bond donors (Lipinski definition) is 0. The number of esters is 1. The lowest BCUT2D eigenvalue weighted by atomic mass is 9.58. The molecule has 2 unspecified atom stereocenters. The van der Waals surface area contributed by atoms with E-state index in [1.165, 1.54) is 12.0 Å². The Labute approximate surface area is 179 Å². The Kier molecular flexibility index (Phi) is 3.91. The van der Waals surface area contributed by atoms with Gasteiger partial charge in [-0.05, 0) is 38.8 Å². The van der Waals surface area contributed by atoms with Crippen molar-refractivity contribution in [2.75, 3.05) is 12.0 Å². The quantitative estimate of drug-likeness (QED) is 0.561. The summed E-state index contributed by atoms with van der Waals surface area (Å²) in [5, 5.41) is 10.8. The molecule has 3 fully saturated rings. The molecule has 3 aliphatic rings. The van der Waals surface area contributed by atoms with Gasteiger partial charge in [0.25, 0.3) is 0 Å². The van der Waals surface area contributed by atoms with Crippen molar-refractivity contribution in [3.05, 3.63) is 42.0 Å². The Morgan fingerprint density at radius 2 is 1.90 bits per heavy atom. The first kappa shape index (κ1) is 19.7. The van der Waals surface area contributed by atoms with Crippen LogP contribution in [-0.2, 0) is 23.9 Å². The second kappa shape index (κ2) is 6.14. The summed E-state index contributed by atoms with van der Waals surface area (Å²) in [6.45, 7) is 3.60. The molecule has 31 heavy (non-hydrogen) atoms. The van der Waals surface area contributed by atoms with Crippen molar-refractivity contribution in [2.45, 2.75) is 44.3 Å². The van der Waals surface area contributed by atoms with E-state index in [0.29, 0.717) is 34.9 Å². The number of nitrogens with zero attached hydrogens (tertiary/aromatic N) is 2. The van der Waals surface area contributed by atoms with Gasteiger partial charge in [-0.15, -0.1) is 0 Å². The van der Waals surface area contributed by atoms with Crippen LogP contribution in [0.25, 0.3) is 10.8 Å². The van der Waals surface area contributed by atoms with Crippen molar-refractivity contribution in [3.8, 4) is 6.07 Å². The summed E-state index contributed by atoms with van der Waals surface area (Å²) >= 11 is 0. The maximum Gasteiger partial charge on any atom is 0.308 e. The fourth-order valence-corrected chi connectivity index (χ4v) is 6.15. The first-order chi connectivity index (χ1) is 14.7. The van der Waals surface area contributed by atoms with Crippen molar-refractivity contribution in [1.82, 2.24) is 0 Å². The summed E-state index contributed by atoms with van der Waals surface area (Å²) in [4.78, 5) is 41.1. The first-order valence-corrected chi connectivity index (χ1v) is 10.3. The molecule has 7 nitrogen and oxygen atoms in total. The summed E-state index contributed by atoms with van der Waals surface area (Å²) in [7, 11) is 1.30. The third-order valence-corrected chi connectivity index (χ3v) is 7.62. The van der Waals surface area contributed by atoms with Crippen LogP contribution in [0, 0.1) is 22.7 Å². The highest BCUT2D eigenvalue weighted by molar-refractivity contribution is 6.27. The van der Waals surface area contributed by atoms with Crippen molar-refractivity contribution in [2.24, 2.45) is 11.3 Å². The zero-order chi connectivity index (χ0) is 22.2. The minimum Gasteiger partial charge on any atom is -0.469 e. The van der Waals surface area contributed by atoms with E-state index >= 15 is 0 Å². The number of amides is 2. The molecule has 158 valence electrons. The lowest BCUT2D eigenvalue weighted by Crippen LogP contribution is -2.52. The highest BCUT2D eigenvalue weighted by Gasteiger charge is 2.80. The molecule has 0 radical (unpaired) electrons. The number of carbonyl (C=O) groups excluding carboxylic acids is 3. The number of fused-ring (bicyclic) bond motifs is 6. The van der Waals surface area contributed by atoms with Crippen LogP contribution in [0.15, 0.2) is 36.4 Å². The second-order valence-electron chi connectivity index (χ2n) is 9.07. The number of carbonyl (C=O) groups is 3. The predicted molar refractivity (Wildman–Crippen MR) is 111 cm³/mol. The van der Waals surface area contributed by atoms with Crippen molar-refractivity contribution in [1.29, 1.82) is 5.26 Å². The predicted octanol–water partition coefficient (Wildman–Crippen LogP) is 3.09. The van der Waals surface area contributed by atoms with Crippen LogP contribution in [0.4, 0.5) is 5.69 Å². The maximum atomic E-state index is 13.9. The molecule has 0 spiro atoms. The molecular formula is C24H22N2O5. The third-order valence-electron chi connectivity index (χ3n) is 7.62. The smallest absolute Gasteiger partial charge is 0.308 e. The molecule has 3 heterocycles. The van der Waals surface area contributed by atoms with E-state index in [9.17, 15) is 19.6 Å². The summed E-state index contributed by atoms with van der Waals surface area (Å²) in [6, 6.07) is 12.7. The molecule has 2 amide bonds. The van der Waals surface area contributed by atoms with Gasteiger partial charge < -0.3 is 9.47 Å². The normalized spacial score (nSPS) is 33.6. The van der Waals surface area contributed by atoms with E-state index in [4.69, 9.17) is 9.47 Å². The number of methoxy groups -OCH3 is 1. The summed E-state index contributed by atoms with van der Waals surface area (Å²) in [6.07, 6.45) is 1.02. The van der Waals surface area contributed by atoms with E-state index in [1.54, 1.807) is 31.2 Å². The lowest BCUT2D eigenvalue weighted by molar-refractivity contribution is -0.155. The topological polar surface area (TPSA) is 96.7 Å². The van der Waals surface area contributed by atoms with Gasteiger partial charge in [-0.25, -0.2) is 4.90 Å².